The Morgan fingerprint density at radius 1 is 1.43 bits per heavy atom. The van der Waals surface area contributed by atoms with Crippen LogP contribution < -0.4 is 10.5 Å². The van der Waals surface area contributed by atoms with Crippen LogP contribution >= 0.6 is 15.9 Å². The molecular weight excluding hydrogens is 363 g/mol. The second-order valence-electron chi connectivity index (χ2n) is 5.08. The zero-order valence-electron chi connectivity index (χ0n) is 11.4. The molecule has 1 fully saturated rings. The molecule has 0 amide bonds. The van der Waals surface area contributed by atoms with Gasteiger partial charge in [-0.25, -0.2) is 17.5 Å². The Balaban J connectivity index is 1.86. The fourth-order valence-electron chi connectivity index (χ4n) is 1.77. The number of rotatable bonds is 8. The summed E-state index contributed by atoms with van der Waals surface area (Å²) in [5, 5.41) is 0. The Hall–Kier alpha value is -0.700. The van der Waals surface area contributed by atoms with Crippen molar-refractivity contribution in [3.63, 3.8) is 0 Å². The van der Waals surface area contributed by atoms with Gasteiger partial charge in [-0.15, -0.1) is 0 Å². The SMILES string of the molecule is Nc1cc(Br)c(F)c(S(=O)(=O)NCCCOCC2CC2)c1. The van der Waals surface area contributed by atoms with Gasteiger partial charge >= 0.3 is 0 Å². The minimum atomic E-state index is -3.92. The van der Waals surface area contributed by atoms with Crippen molar-refractivity contribution in [2.24, 2.45) is 5.92 Å². The van der Waals surface area contributed by atoms with E-state index >= 15 is 0 Å². The number of ether oxygens (including phenoxy) is 1. The molecule has 1 aliphatic carbocycles. The summed E-state index contributed by atoms with van der Waals surface area (Å²) in [6.07, 6.45) is 2.98. The van der Waals surface area contributed by atoms with Crippen LogP contribution in [0.3, 0.4) is 0 Å². The molecule has 0 atom stereocenters. The lowest BCUT2D eigenvalue weighted by Crippen LogP contribution is -2.26. The number of halogens is 2. The van der Waals surface area contributed by atoms with E-state index in [-0.39, 0.29) is 16.7 Å². The lowest BCUT2D eigenvalue weighted by atomic mass is 10.3. The van der Waals surface area contributed by atoms with Gasteiger partial charge in [-0.05, 0) is 53.2 Å². The average molecular weight is 381 g/mol. The van der Waals surface area contributed by atoms with Crippen molar-refractivity contribution >= 4 is 31.6 Å². The first kappa shape index (κ1) is 16.7. The summed E-state index contributed by atoms with van der Waals surface area (Å²) in [4.78, 5) is -0.451. The van der Waals surface area contributed by atoms with Crippen LogP contribution in [0.15, 0.2) is 21.5 Å². The molecule has 0 bridgehead atoms. The summed E-state index contributed by atoms with van der Waals surface area (Å²) in [7, 11) is -3.92. The summed E-state index contributed by atoms with van der Waals surface area (Å²) in [5.74, 6) is -0.165. The predicted octanol–water partition coefficient (Wildman–Crippen LogP) is 2.27. The Morgan fingerprint density at radius 2 is 2.14 bits per heavy atom. The third kappa shape index (κ3) is 4.91. The van der Waals surface area contributed by atoms with Gasteiger partial charge in [-0.2, -0.15) is 0 Å². The molecule has 8 heteroatoms. The van der Waals surface area contributed by atoms with E-state index in [0.717, 1.165) is 12.7 Å². The molecule has 0 radical (unpaired) electrons. The van der Waals surface area contributed by atoms with Crippen molar-refractivity contribution in [1.82, 2.24) is 4.72 Å². The van der Waals surface area contributed by atoms with Gasteiger partial charge in [0, 0.05) is 25.4 Å². The molecule has 118 valence electrons. The largest absolute Gasteiger partial charge is 0.399 e. The molecule has 1 aromatic rings. The molecule has 1 aromatic carbocycles. The van der Waals surface area contributed by atoms with Crippen LogP contribution in [0.5, 0.6) is 0 Å². The van der Waals surface area contributed by atoms with Crippen molar-refractivity contribution in [1.29, 1.82) is 0 Å². The zero-order valence-corrected chi connectivity index (χ0v) is 13.8. The van der Waals surface area contributed by atoms with E-state index in [4.69, 9.17) is 10.5 Å². The molecule has 1 aliphatic rings. The van der Waals surface area contributed by atoms with Crippen LogP contribution in [-0.2, 0) is 14.8 Å². The summed E-state index contributed by atoms with van der Waals surface area (Å²) in [6, 6.07) is 2.42. The standard InChI is InChI=1S/C13H18BrFN2O3S/c14-11-6-10(16)7-12(13(11)15)21(18,19)17-4-1-5-20-8-9-2-3-9/h6-7,9,17H,1-5,8,16H2. The van der Waals surface area contributed by atoms with Gasteiger partial charge in [0.2, 0.25) is 10.0 Å². The van der Waals surface area contributed by atoms with Gasteiger partial charge in [0.05, 0.1) is 4.47 Å². The van der Waals surface area contributed by atoms with E-state index in [1.165, 1.54) is 18.9 Å². The number of nitrogens with one attached hydrogen (secondary N) is 1. The summed E-state index contributed by atoms with van der Waals surface area (Å²) in [6.45, 7) is 1.42. The minimum absolute atomic E-state index is 0.0237. The Bertz CT molecular complexity index is 606. The molecule has 1 saturated carbocycles. The van der Waals surface area contributed by atoms with Gasteiger partial charge in [0.25, 0.3) is 0 Å². The quantitative estimate of drug-likeness (QED) is 0.535. The topological polar surface area (TPSA) is 81.4 Å². The van der Waals surface area contributed by atoms with Crippen molar-refractivity contribution in [2.45, 2.75) is 24.2 Å². The lowest BCUT2D eigenvalue weighted by molar-refractivity contribution is 0.123. The first-order valence-electron chi connectivity index (χ1n) is 6.72. The number of nitrogens with two attached hydrogens (primary N) is 1. The number of hydrogen-bond donors (Lipinski definition) is 2. The number of anilines is 1. The third-order valence-corrected chi connectivity index (χ3v) is 5.15. The average Bonchev–Trinajstić information content (AvgIpc) is 3.22. The summed E-state index contributed by atoms with van der Waals surface area (Å²) >= 11 is 2.94. The smallest absolute Gasteiger partial charge is 0.243 e. The third-order valence-electron chi connectivity index (χ3n) is 3.11. The van der Waals surface area contributed by atoms with Crippen LogP contribution in [-0.4, -0.2) is 28.2 Å². The minimum Gasteiger partial charge on any atom is -0.399 e. The molecule has 5 nitrogen and oxygen atoms in total. The highest BCUT2D eigenvalue weighted by atomic mass is 79.9. The fourth-order valence-corrected chi connectivity index (χ4v) is 3.59. The highest BCUT2D eigenvalue weighted by Gasteiger charge is 2.22. The highest BCUT2D eigenvalue weighted by Crippen LogP contribution is 2.28. The second kappa shape index (κ2) is 7.04. The van der Waals surface area contributed by atoms with Crippen molar-refractivity contribution in [3.8, 4) is 0 Å². The molecule has 0 heterocycles. The number of benzene rings is 1. The predicted molar refractivity (Wildman–Crippen MR) is 81.9 cm³/mol. The maximum atomic E-state index is 13.9. The Morgan fingerprint density at radius 3 is 2.81 bits per heavy atom. The number of sulfonamides is 1. The molecule has 3 N–H and O–H groups in total. The first-order chi connectivity index (χ1) is 9.90. The monoisotopic (exact) mass is 380 g/mol. The van der Waals surface area contributed by atoms with Gasteiger partial charge < -0.3 is 10.5 Å². The van der Waals surface area contributed by atoms with Gasteiger partial charge in [-0.1, -0.05) is 0 Å². The number of hydrogen-bond acceptors (Lipinski definition) is 4. The first-order valence-corrected chi connectivity index (χ1v) is 8.99. The molecule has 0 spiro atoms. The van der Waals surface area contributed by atoms with Gasteiger partial charge in [0.1, 0.15) is 4.90 Å². The second-order valence-corrected chi connectivity index (χ2v) is 7.67. The van der Waals surface area contributed by atoms with Crippen molar-refractivity contribution < 1.29 is 17.5 Å². The van der Waals surface area contributed by atoms with Crippen LogP contribution in [0.1, 0.15) is 19.3 Å². The zero-order chi connectivity index (χ0) is 15.5. The fraction of sp³-hybridized carbons (Fsp3) is 0.538. The van der Waals surface area contributed by atoms with Crippen molar-refractivity contribution in [3.05, 3.63) is 22.4 Å². The van der Waals surface area contributed by atoms with Crippen molar-refractivity contribution in [2.75, 3.05) is 25.5 Å². The van der Waals surface area contributed by atoms with Crippen LogP contribution in [0.2, 0.25) is 0 Å². The van der Waals surface area contributed by atoms with Crippen LogP contribution in [0.4, 0.5) is 10.1 Å². The number of nitrogen functional groups attached to an aromatic ring is 1. The molecule has 0 aromatic heterocycles. The molecule has 0 aliphatic heterocycles. The summed E-state index contributed by atoms with van der Waals surface area (Å²) < 4.78 is 45.7. The van der Waals surface area contributed by atoms with E-state index < -0.39 is 20.7 Å². The molecule has 2 rings (SSSR count). The van der Waals surface area contributed by atoms with E-state index in [9.17, 15) is 12.8 Å². The Labute approximate surface area is 132 Å². The van der Waals surface area contributed by atoms with E-state index in [0.29, 0.717) is 18.9 Å². The van der Waals surface area contributed by atoms with Crippen LogP contribution in [0.25, 0.3) is 0 Å². The molecule has 0 saturated heterocycles. The van der Waals surface area contributed by atoms with E-state index in [1.807, 2.05) is 0 Å². The maximum Gasteiger partial charge on any atom is 0.243 e. The highest BCUT2D eigenvalue weighted by molar-refractivity contribution is 9.10. The maximum absolute atomic E-state index is 13.9. The lowest BCUT2D eigenvalue weighted by Gasteiger charge is -2.10. The van der Waals surface area contributed by atoms with Gasteiger partial charge in [0.15, 0.2) is 5.82 Å². The molecule has 0 unspecified atom stereocenters. The molecular formula is C13H18BrFN2O3S. The van der Waals surface area contributed by atoms with Crippen LogP contribution in [0, 0.1) is 11.7 Å². The van der Waals surface area contributed by atoms with Gasteiger partial charge in [-0.3, -0.25) is 0 Å². The normalized spacial score (nSPS) is 15.3. The molecule has 21 heavy (non-hydrogen) atoms. The van der Waals surface area contributed by atoms with E-state index in [1.54, 1.807) is 0 Å². The Kier molecular flexibility index (Phi) is 5.59. The summed E-state index contributed by atoms with van der Waals surface area (Å²) in [5.41, 5.74) is 5.72. The van der Waals surface area contributed by atoms with E-state index in [2.05, 4.69) is 20.7 Å².